The number of carbonyl (C=O) groups excluding carboxylic acids is 1. The van der Waals surface area contributed by atoms with Crippen LogP contribution in [-0.2, 0) is 9.53 Å². The molecule has 0 spiro atoms. The van der Waals surface area contributed by atoms with Gasteiger partial charge in [-0.15, -0.1) is 0 Å². The highest BCUT2D eigenvalue weighted by Crippen LogP contribution is 2.15. The summed E-state index contributed by atoms with van der Waals surface area (Å²) in [6.45, 7) is 0. The normalized spacial score (nSPS) is 32.3. The lowest BCUT2D eigenvalue weighted by Gasteiger charge is -2.23. The van der Waals surface area contributed by atoms with Gasteiger partial charge in [0.2, 0.25) is 16.3 Å². The average Bonchev–Trinajstić information content (AvgIpc) is 1.85. The van der Waals surface area contributed by atoms with Crippen LogP contribution in [0.4, 0.5) is 0 Å². The number of carbonyl (C=O) groups is 1. The summed E-state index contributed by atoms with van der Waals surface area (Å²) in [7, 11) is 0. The lowest BCUT2D eigenvalue weighted by atomic mass is 10.1. The average molecular weight is 170 g/mol. The number of aliphatic hydroxyl groups is 1. The Labute approximate surface area is 73.5 Å². The summed E-state index contributed by atoms with van der Waals surface area (Å²) in [5.74, 6) is -0.298. The number of cyclic esters (lactones) is 1. The second kappa shape index (κ2) is 3.91. The van der Waals surface area contributed by atoms with Crippen LogP contribution in [0.25, 0.3) is 0 Å². The molecule has 0 amide bonds. The Morgan fingerprint density at radius 1 is 1.73 bits per heavy atom. The van der Waals surface area contributed by atoms with Crippen LogP contribution in [0.15, 0.2) is 11.0 Å². The van der Waals surface area contributed by atoms with E-state index in [-0.39, 0.29) is 18.5 Å². The van der Waals surface area contributed by atoms with Crippen molar-refractivity contribution >= 4 is 22.3 Å². The highest BCUT2D eigenvalue weighted by Gasteiger charge is 2.24. The van der Waals surface area contributed by atoms with Crippen LogP contribution in [0.1, 0.15) is 12.8 Å². The number of rotatable bonds is 1. The number of ether oxygens (including phenoxy) is 1. The predicted octanol–water partition coefficient (Wildman–Crippen LogP) is -0.800. The van der Waals surface area contributed by atoms with Gasteiger partial charge in [0.05, 0.1) is 12.5 Å². The summed E-state index contributed by atoms with van der Waals surface area (Å²) < 4.78 is 4.93. The third-order valence-corrected chi connectivity index (χ3v) is 1.98. The standard InChI is InChI=1S/C7H9O3.Al.2H/c1-2-6-3-5(8)4-7(9)10-6;;;/h1-2,5-6,8H,3-4H2;;;/t5-,6-;;;/m0.../s1. The van der Waals surface area contributed by atoms with Crippen molar-refractivity contribution in [3.8, 4) is 0 Å². The molecular formula is C7H11AlO3. The zero-order valence-electron chi connectivity index (χ0n) is 6.49. The van der Waals surface area contributed by atoms with Crippen LogP contribution >= 0.6 is 0 Å². The smallest absolute Gasteiger partial charge is 0.309 e. The van der Waals surface area contributed by atoms with E-state index in [0.717, 1.165) is 16.3 Å². The Balaban J connectivity index is 2.49. The Morgan fingerprint density at radius 2 is 2.45 bits per heavy atom. The van der Waals surface area contributed by atoms with Crippen LogP contribution in [0.5, 0.6) is 0 Å². The Hall–Kier alpha value is -0.298. The van der Waals surface area contributed by atoms with Crippen molar-refractivity contribution in [2.24, 2.45) is 0 Å². The van der Waals surface area contributed by atoms with Gasteiger partial charge in [-0.1, -0.05) is 6.08 Å². The van der Waals surface area contributed by atoms with E-state index in [1.165, 1.54) is 0 Å². The fourth-order valence-electron chi connectivity index (χ4n) is 1.14. The van der Waals surface area contributed by atoms with Gasteiger partial charge in [-0.25, -0.2) is 0 Å². The summed E-state index contributed by atoms with van der Waals surface area (Å²) in [6.07, 6.45) is 1.82. The molecule has 0 unspecified atom stereocenters. The van der Waals surface area contributed by atoms with E-state index in [2.05, 4.69) is 0 Å². The number of hydrogen-bond acceptors (Lipinski definition) is 3. The molecule has 2 atom stereocenters. The maximum atomic E-state index is 10.8. The van der Waals surface area contributed by atoms with Crippen LogP contribution in [0.2, 0.25) is 0 Å². The van der Waals surface area contributed by atoms with Gasteiger partial charge < -0.3 is 9.84 Å². The minimum atomic E-state index is -0.515. The fraction of sp³-hybridized carbons (Fsp3) is 0.571. The molecule has 3 nitrogen and oxygen atoms in total. The van der Waals surface area contributed by atoms with Crippen molar-refractivity contribution in [1.82, 2.24) is 0 Å². The molecule has 60 valence electrons. The molecule has 0 aromatic heterocycles. The van der Waals surface area contributed by atoms with Crippen LogP contribution in [0, 0.1) is 0 Å². The molecular weight excluding hydrogens is 159 g/mol. The number of esters is 1. The van der Waals surface area contributed by atoms with Crippen molar-refractivity contribution in [1.29, 1.82) is 0 Å². The molecule has 1 rings (SSSR count). The van der Waals surface area contributed by atoms with E-state index in [1.54, 1.807) is 0 Å². The Morgan fingerprint density at radius 3 is 3.00 bits per heavy atom. The molecule has 0 aromatic carbocycles. The summed E-state index contributed by atoms with van der Waals surface area (Å²) in [5, 5.41) is 9.15. The molecule has 1 aliphatic rings. The van der Waals surface area contributed by atoms with Crippen molar-refractivity contribution in [3.63, 3.8) is 0 Å². The zero-order chi connectivity index (χ0) is 8.27. The van der Waals surface area contributed by atoms with Gasteiger partial charge in [0.15, 0.2) is 0 Å². The monoisotopic (exact) mass is 170 g/mol. The number of aliphatic hydroxyl groups excluding tert-OH is 1. The second-order valence-corrected chi connectivity index (χ2v) is 3.31. The molecule has 1 heterocycles. The first-order chi connectivity index (χ1) is 5.22. The van der Waals surface area contributed by atoms with Gasteiger partial charge in [-0.3, -0.25) is 4.79 Å². The topological polar surface area (TPSA) is 46.5 Å². The third-order valence-electron chi connectivity index (χ3n) is 1.60. The molecule has 4 heteroatoms. The van der Waals surface area contributed by atoms with Crippen molar-refractivity contribution < 1.29 is 14.6 Å². The van der Waals surface area contributed by atoms with Gasteiger partial charge in [0.25, 0.3) is 0 Å². The minimum absolute atomic E-state index is 0.144. The molecule has 1 N–H and O–H groups in total. The summed E-state index contributed by atoms with van der Waals surface area (Å²) in [5.41, 5.74) is 0. The highest BCUT2D eigenvalue weighted by atomic mass is 27.0. The molecule has 11 heavy (non-hydrogen) atoms. The Kier molecular flexibility index (Phi) is 3.13. The highest BCUT2D eigenvalue weighted by molar-refractivity contribution is 6.17. The lowest BCUT2D eigenvalue weighted by molar-refractivity contribution is -0.156. The van der Waals surface area contributed by atoms with E-state index in [0.29, 0.717) is 6.42 Å². The van der Waals surface area contributed by atoms with Crippen molar-refractivity contribution in [3.05, 3.63) is 11.0 Å². The van der Waals surface area contributed by atoms with E-state index in [4.69, 9.17) is 9.84 Å². The molecule has 1 aliphatic heterocycles. The molecule has 0 aliphatic carbocycles. The third kappa shape index (κ3) is 2.66. The van der Waals surface area contributed by atoms with Crippen molar-refractivity contribution in [2.45, 2.75) is 25.0 Å². The quantitative estimate of drug-likeness (QED) is 0.414. The summed E-state index contributed by atoms with van der Waals surface area (Å²) >= 11 is 0.956. The molecule has 0 radical (unpaired) electrons. The van der Waals surface area contributed by atoms with Gasteiger partial charge in [0, 0.05) is 6.42 Å². The minimum Gasteiger partial charge on any atom is -0.458 e. The second-order valence-electron chi connectivity index (χ2n) is 2.65. The van der Waals surface area contributed by atoms with Gasteiger partial charge in [-0.2, -0.15) is 4.94 Å². The maximum absolute atomic E-state index is 10.8. The molecule has 0 saturated carbocycles. The largest absolute Gasteiger partial charge is 0.458 e. The SMILES string of the molecule is O=C1C[C@@H](O)C[C@H](/C=[CH]/[AlH2])O1. The van der Waals surface area contributed by atoms with Crippen LogP contribution in [0.3, 0.4) is 0 Å². The van der Waals surface area contributed by atoms with Gasteiger partial charge in [0.1, 0.15) is 6.10 Å². The van der Waals surface area contributed by atoms with Gasteiger partial charge >= 0.3 is 5.97 Å². The summed E-state index contributed by atoms with van der Waals surface area (Å²) in [4.78, 5) is 12.7. The molecule has 1 fully saturated rings. The molecule has 0 bridgehead atoms. The first kappa shape index (κ1) is 8.80. The maximum Gasteiger partial charge on any atom is 0.309 e. The molecule has 0 aromatic rings. The van der Waals surface area contributed by atoms with Crippen LogP contribution in [-0.4, -0.2) is 39.6 Å². The van der Waals surface area contributed by atoms with E-state index >= 15 is 0 Å². The van der Waals surface area contributed by atoms with E-state index < -0.39 is 6.10 Å². The summed E-state index contributed by atoms with van der Waals surface area (Å²) in [6, 6.07) is 0. The number of hydrogen-bond donors (Lipinski definition) is 1. The Bertz CT molecular complexity index is 179. The predicted molar refractivity (Wildman–Crippen MR) is 42.8 cm³/mol. The lowest BCUT2D eigenvalue weighted by Crippen LogP contribution is -2.31. The van der Waals surface area contributed by atoms with E-state index in [1.807, 2.05) is 11.0 Å². The fourth-order valence-corrected chi connectivity index (χ4v) is 1.57. The first-order valence-corrected chi connectivity index (χ1v) is 4.88. The first-order valence-electron chi connectivity index (χ1n) is 3.72. The molecule has 1 saturated heterocycles. The van der Waals surface area contributed by atoms with E-state index in [9.17, 15) is 4.79 Å². The van der Waals surface area contributed by atoms with Gasteiger partial charge in [-0.05, 0) is 0 Å². The van der Waals surface area contributed by atoms with Crippen molar-refractivity contribution in [2.75, 3.05) is 0 Å². The zero-order valence-corrected chi connectivity index (χ0v) is 8.49. The van der Waals surface area contributed by atoms with Crippen LogP contribution < -0.4 is 0 Å².